The third-order valence-electron chi connectivity index (χ3n) is 3.71. The minimum atomic E-state index is -0.119. The second-order valence-corrected chi connectivity index (χ2v) is 5.73. The molecule has 8 nitrogen and oxygen atoms in total. The van der Waals surface area contributed by atoms with Gasteiger partial charge >= 0.3 is 0 Å². The minimum absolute atomic E-state index is 0.0565. The van der Waals surface area contributed by atoms with Gasteiger partial charge in [0, 0.05) is 6.42 Å². The van der Waals surface area contributed by atoms with Crippen LogP contribution < -0.4 is 14.8 Å². The van der Waals surface area contributed by atoms with Crippen molar-refractivity contribution in [1.29, 1.82) is 0 Å². The Morgan fingerprint density at radius 3 is 2.58 bits per heavy atom. The monoisotopic (exact) mass is 333 g/mol. The molecule has 2 rings (SSSR count). The molecule has 0 fully saturated rings. The van der Waals surface area contributed by atoms with Crippen molar-refractivity contribution in [2.45, 2.75) is 32.9 Å². The van der Waals surface area contributed by atoms with Crippen molar-refractivity contribution in [3.05, 3.63) is 30.1 Å². The summed E-state index contributed by atoms with van der Waals surface area (Å²) in [6, 6.07) is 5.56. The number of carbonyl (C=O) groups excluding carboxylic acids is 1. The molecule has 0 aliphatic carbocycles. The van der Waals surface area contributed by atoms with Crippen LogP contribution in [0, 0.1) is 5.92 Å². The highest BCUT2D eigenvalue weighted by molar-refractivity contribution is 5.76. The molecule has 1 aromatic heterocycles. The third kappa shape index (κ3) is 4.43. The average Bonchev–Trinajstić information content (AvgIpc) is 3.10. The molecule has 1 amide bonds. The minimum Gasteiger partial charge on any atom is -0.493 e. The molecule has 0 radical (unpaired) electrons. The van der Waals surface area contributed by atoms with E-state index in [1.165, 1.54) is 11.0 Å². The number of hydrogen-bond acceptors (Lipinski definition) is 6. The van der Waals surface area contributed by atoms with Gasteiger partial charge in [-0.05, 0) is 34.0 Å². The molecule has 1 aromatic carbocycles. The van der Waals surface area contributed by atoms with Gasteiger partial charge in [0.2, 0.25) is 5.91 Å². The number of amides is 1. The molecule has 0 saturated carbocycles. The summed E-state index contributed by atoms with van der Waals surface area (Å²) in [5.41, 5.74) is 0.971. The Bertz CT molecular complexity index is 658. The zero-order valence-corrected chi connectivity index (χ0v) is 14.4. The van der Waals surface area contributed by atoms with E-state index < -0.39 is 0 Å². The molecule has 0 saturated heterocycles. The molecule has 0 aliphatic heterocycles. The number of carbonyl (C=O) groups is 1. The Labute approximate surface area is 141 Å². The number of nitrogens with zero attached hydrogens (tertiary/aromatic N) is 4. The highest BCUT2D eigenvalue weighted by Crippen LogP contribution is 2.32. The van der Waals surface area contributed by atoms with Gasteiger partial charge in [-0.2, -0.15) is 0 Å². The molecule has 0 unspecified atom stereocenters. The lowest BCUT2D eigenvalue weighted by Crippen LogP contribution is -2.32. The molecule has 1 heterocycles. The van der Waals surface area contributed by atoms with Crippen molar-refractivity contribution in [2.24, 2.45) is 5.92 Å². The van der Waals surface area contributed by atoms with Crippen molar-refractivity contribution in [3.8, 4) is 11.5 Å². The average molecular weight is 333 g/mol. The van der Waals surface area contributed by atoms with E-state index in [4.69, 9.17) is 9.47 Å². The first-order valence-corrected chi connectivity index (χ1v) is 7.77. The molecular formula is C16H23N5O3. The van der Waals surface area contributed by atoms with Gasteiger partial charge in [0.1, 0.15) is 6.33 Å². The summed E-state index contributed by atoms with van der Waals surface area (Å²) in [7, 11) is 3.19. The standard InChI is InChI=1S/C16H23N5O3/c1-11(2)16(12-5-6-13(23-3)14(9-12)24-4)18-15(22)7-8-21-10-17-19-20-21/h5-6,9-11,16H,7-8H2,1-4H3,(H,18,22)/t16-/m0/s1. The van der Waals surface area contributed by atoms with Crippen LogP contribution >= 0.6 is 0 Å². The van der Waals surface area contributed by atoms with Gasteiger partial charge in [-0.25, -0.2) is 4.68 Å². The summed E-state index contributed by atoms with van der Waals surface area (Å²) in [4.78, 5) is 12.3. The van der Waals surface area contributed by atoms with Crippen molar-refractivity contribution < 1.29 is 14.3 Å². The van der Waals surface area contributed by atoms with E-state index in [0.717, 1.165) is 5.56 Å². The number of aromatic nitrogens is 4. The summed E-state index contributed by atoms with van der Waals surface area (Å²) in [5.74, 6) is 1.47. The van der Waals surface area contributed by atoms with Gasteiger partial charge in [0.05, 0.1) is 26.8 Å². The number of benzene rings is 1. The first-order valence-electron chi connectivity index (χ1n) is 7.77. The first-order chi connectivity index (χ1) is 11.5. The van der Waals surface area contributed by atoms with Crippen LogP contribution in [0.2, 0.25) is 0 Å². The van der Waals surface area contributed by atoms with E-state index in [-0.39, 0.29) is 17.9 Å². The van der Waals surface area contributed by atoms with Crippen LogP contribution in [0.1, 0.15) is 31.9 Å². The third-order valence-corrected chi connectivity index (χ3v) is 3.71. The molecule has 24 heavy (non-hydrogen) atoms. The van der Waals surface area contributed by atoms with Crippen LogP contribution in [-0.4, -0.2) is 40.3 Å². The zero-order valence-electron chi connectivity index (χ0n) is 14.4. The maximum Gasteiger partial charge on any atom is 0.222 e. The number of nitrogens with one attached hydrogen (secondary N) is 1. The number of rotatable bonds is 8. The Balaban J connectivity index is 2.07. The second-order valence-electron chi connectivity index (χ2n) is 5.73. The van der Waals surface area contributed by atoms with E-state index in [1.807, 2.05) is 18.2 Å². The summed E-state index contributed by atoms with van der Waals surface area (Å²) in [6.07, 6.45) is 1.79. The van der Waals surface area contributed by atoms with Gasteiger partial charge in [-0.15, -0.1) is 5.10 Å². The lowest BCUT2D eigenvalue weighted by Gasteiger charge is -2.24. The number of tetrazole rings is 1. The Hall–Kier alpha value is -2.64. The van der Waals surface area contributed by atoms with E-state index in [1.54, 1.807) is 14.2 Å². The Morgan fingerprint density at radius 2 is 2.00 bits per heavy atom. The summed E-state index contributed by atoms with van der Waals surface area (Å²) >= 11 is 0. The maximum atomic E-state index is 12.3. The highest BCUT2D eigenvalue weighted by atomic mass is 16.5. The number of aryl methyl sites for hydroxylation is 1. The topological polar surface area (TPSA) is 91.2 Å². The Kier molecular flexibility index (Phi) is 6.11. The lowest BCUT2D eigenvalue weighted by atomic mass is 9.95. The van der Waals surface area contributed by atoms with E-state index >= 15 is 0 Å². The van der Waals surface area contributed by atoms with Gasteiger partial charge < -0.3 is 14.8 Å². The van der Waals surface area contributed by atoms with Crippen LogP contribution in [0.3, 0.4) is 0 Å². The van der Waals surface area contributed by atoms with Crippen molar-refractivity contribution >= 4 is 5.91 Å². The van der Waals surface area contributed by atoms with Crippen LogP contribution in [0.15, 0.2) is 24.5 Å². The maximum absolute atomic E-state index is 12.3. The van der Waals surface area contributed by atoms with Crippen molar-refractivity contribution in [2.75, 3.05) is 14.2 Å². The molecule has 8 heteroatoms. The van der Waals surface area contributed by atoms with Crippen molar-refractivity contribution in [3.63, 3.8) is 0 Å². The second kappa shape index (κ2) is 8.28. The molecule has 2 aromatic rings. The summed E-state index contributed by atoms with van der Waals surface area (Å²) in [6.45, 7) is 4.56. The number of ether oxygens (including phenoxy) is 2. The predicted octanol–water partition coefficient (Wildman–Crippen LogP) is 1.59. The number of methoxy groups -OCH3 is 2. The lowest BCUT2D eigenvalue weighted by molar-refractivity contribution is -0.122. The molecule has 0 aliphatic rings. The van der Waals surface area contributed by atoms with Gasteiger partial charge in [-0.3, -0.25) is 4.79 Å². The summed E-state index contributed by atoms with van der Waals surface area (Å²) in [5, 5.41) is 13.9. The zero-order chi connectivity index (χ0) is 17.5. The molecule has 1 atom stereocenters. The fourth-order valence-corrected chi connectivity index (χ4v) is 2.43. The fourth-order valence-electron chi connectivity index (χ4n) is 2.43. The smallest absolute Gasteiger partial charge is 0.222 e. The number of hydrogen-bond donors (Lipinski definition) is 1. The SMILES string of the molecule is COc1ccc([C@@H](NC(=O)CCn2cnnn2)C(C)C)cc1OC. The highest BCUT2D eigenvalue weighted by Gasteiger charge is 2.20. The molecule has 0 bridgehead atoms. The van der Waals surface area contributed by atoms with Crippen LogP contribution in [-0.2, 0) is 11.3 Å². The van der Waals surface area contributed by atoms with Gasteiger partial charge in [0.25, 0.3) is 0 Å². The van der Waals surface area contributed by atoms with E-state index in [0.29, 0.717) is 24.5 Å². The quantitative estimate of drug-likeness (QED) is 0.789. The fraction of sp³-hybridized carbons (Fsp3) is 0.500. The van der Waals surface area contributed by atoms with Crippen LogP contribution in [0.4, 0.5) is 0 Å². The Morgan fingerprint density at radius 1 is 1.25 bits per heavy atom. The van der Waals surface area contributed by atoms with E-state index in [9.17, 15) is 4.79 Å². The molecule has 0 spiro atoms. The van der Waals surface area contributed by atoms with Crippen LogP contribution in [0.5, 0.6) is 11.5 Å². The largest absolute Gasteiger partial charge is 0.493 e. The summed E-state index contributed by atoms with van der Waals surface area (Å²) < 4.78 is 12.1. The normalized spacial score (nSPS) is 12.0. The predicted molar refractivity (Wildman–Crippen MR) is 87.7 cm³/mol. The first kappa shape index (κ1) is 17.7. The molecule has 1 N–H and O–H groups in total. The van der Waals surface area contributed by atoms with Gasteiger partial charge in [0.15, 0.2) is 11.5 Å². The molecule has 130 valence electrons. The van der Waals surface area contributed by atoms with Crippen LogP contribution in [0.25, 0.3) is 0 Å². The van der Waals surface area contributed by atoms with E-state index in [2.05, 4.69) is 34.7 Å². The molecular weight excluding hydrogens is 310 g/mol. The van der Waals surface area contributed by atoms with Gasteiger partial charge in [-0.1, -0.05) is 19.9 Å². The van der Waals surface area contributed by atoms with Crippen molar-refractivity contribution in [1.82, 2.24) is 25.5 Å².